The molecule has 0 saturated heterocycles. The SMILES string of the molecule is [CH][N+](C)(C)CC(C)(O)c1ccc(O)c(O)c1. The Hall–Kier alpha value is -1.26. The van der Waals surface area contributed by atoms with Crippen molar-refractivity contribution in [1.29, 1.82) is 0 Å². The summed E-state index contributed by atoms with van der Waals surface area (Å²) in [7, 11) is 9.31. The molecular weight excluding hydrogens is 206 g/mol. The third kappa shape index (κ3) is 3.12. The van der Waals surface area contributed by atoms with Crippen LogP contribution in [0.15, 0.2) is 18.2 Å². The molecule has 4 heteroatoms. The van der Waals surface area contributed by atoms with Gasteiger partial charge in [0.25, 0.3) is 0 Å². The molecule has 0 spiro atoms. The number of likely N-dealkylation sites (N-methyl/N-ethyl adjacent to an activating group) is 1. The van der Waals surface area contributed by atoms with Gasteiger partial charge in [-0.05, 0) is 24.6 Å². The molecule has 4 nitrogen and oxygen atoms in total. The van der Waals surface area contributed by atoms with Crippen molar-refractivity contribution in [3.05, 3.63) is 30.8 Å². The summed E-state index contributed by atoms with van der Waals surface area (Å²) in [5, 5.41) is 28.8. The molecule has 1 unspecified atom stereocenters. The van der Waals surface area contributed by atoms with Crippen LogP contribution in [-0.2, 0) is 5.60 Å². The van der Waals surface area contributed by atoms with Crippen molar-refractivity contribution in [2.24, 2.45) is 0 Å². The standard InChI is InChI=1S/C12H18NO3/c1-12(16,8-13(2,3)4)9-5-6-10(14)11(15)7-9/h2,5-7,14-16H,8H2,1,3-4H3/q+1. The number of quaternary nitrogens is 1. The topological polar surface area (TPSA) is 60.7 Å². The van der Waals surface area contributed by atoms with E-state index in [9.17, 15) is 15.3 Å². The van der Waals surface area contributed by atoms with E-state index in [4.69, 9.17) is 7.05 Å². The molecule has 16 heavy (non-hydrogen) atoms. The summed E-state index contributed by atoms with van der Waals surface area (Å²) < 4.78 is 0.106. The molecular formula is C12H18NO3+. The maximum atomic E-state index is 10.2. The lowest BCUT2D eigenvalue weighted by molar-refractivity contribution is -0.853. The highest BCUT2D eigenvalue weighted by molar-refractivity contribution is 5.42. The largest absolute Gasteiger partial charge is 0.504 e. The Morgan fingerprint density at radius 1 is 1.25 bits per heavy atom. The molecule has 88 valence electrons. The summed E-state index contributed by atoms with van der Waals surface area (Å²) in [6, 6.07) is 4.24. The summed E-state index contributed by atoms with van der Waals surface area (Å²) in [6.07, 6.45) is 0. The van der Waals surface area contributed by atoms with E-state index in [-0.39, 0.29) is 22.5 Å². The lowest BCUT2D eigenvalue weighted by Gasteiger charge is -2.32. The minimum atomic E-state index is -1.16. The monoisotopic (exact) mass is 224 g/mol. The van der Waals surface area contributed by atoms with Gasteiger partial charge in [-0.2, -0.15) is 0 Å². The van der Waals surface area contributed by atoms with Gasteiger partial charge in [0.05, 0.1) is 14.1 Å². The maximum Gasteiger partial charge on any atom is 0.206 e. The van der Waals surface area contributed by atoms with Crippen LogP contribution in [0.2, 0.25) is 0 Å². The number of hydrogen-bond acceptors (Lipinski definition) is 3. The van der Waals surface area contributed by atoms with Gasteiger partial charge < -0.3 is 19.8 Å². The van der Waals surface area contributed by atoms with Crippen LogP contribution in [0.1, 0.15) is 12.5 Å². The van der Waals surface area contributed by atoms with Crippen LogP contribution in [0, 0.1) is 7.05 Å². The second kappa shape index (κ2) is 3.96. The Bertz CT molecular complexity index is 380. The fourth-order valence-corrected chi connectivity index (χ4v) is 1.74. The van der Waals surface area contributed by atoms with E-state index in [1.54, 1.807) is 27.1 Å². The summed E-state index contributed by atoms with van der Waals surface area (Å²) >= 11 is 0. The molecule has 2 radical (unpaired) electrons. The van der Waals surface area contributed by atoms with Crippen LogP contribution < -0.4 is 0 Å². The van der Waals surface area contributed by atoms with Crippen LogP contribution in [0.3, 0.4) is 0 Å². The molecule has 0 aliphatic carbocycles. The Morgan fingerprint density at radius 2 is 1.81 bits per heavy atom. The molecule has 1 atom stereocenters. The van der Waals surface area contributed by atoms with Crippen LogP contribution >= 0.6 is 0 Å². The van der Waals surface area contributed by atoms with Gasteiger partial charge in [0.15, 0.2) is 11.5 Å². The zero-order valence-electron chi connectivity index (χ0n) is 9.81. The highest BCUT2D eigenvalue weighted by Crippen LogP contribution is 2.31. The molecule has 1 aromatic carbocycles. The van der Waals surface area contributed by atoms with E-state index in [1.165, 1.54) is 12.1 Å². The molecule has 0 aliphatic rings. The van der Waals surface area contributed by atoms with Crippen LogP contribution in [-0.4, -0.2) is 40.4 Å². The van der Waals surface area contributed by atoms with Crippen molar-refractivity contribution in [3.63, 3.8) is 0 Å². The van der Waals surface area contributed by atoms with Crippen molar-refractivity contribution in [2.75, 3.05) is 20.6 Å². The van der Waals surface area contributed by atoms with Gasteiger partial charge in [-0.3, -0.25) is 0 Å². The van der Waals surface area contributed by atoms with Crippen molar-refractivity contribution >= 4 is 0 Å². The third-order valence-corrected chi connectivity index (χ3v) is 2.31. The molecule has 1 rings (SSSR count). The molecule has 0 bridgehead atoms. The highest BCUT2D eigenvalue weighted by atomic mass is 16.3. The third-order valence-electron chi connectivity index (χ3n) is 2.31. The van der Waals surface area contributed by atoms with Gasteiger partial charge in [-0.15, -0.1) is 0 Å². The van der Waals surface area contributed by atoms with E-state index >= 15 is 0 Å². The summed E-state index contributed by atoms with van der Waals surface area (Å²) in [5.41, 5.74) is -0.650. The fraction of sp³-hybridized carbons (Fsp3) is 0.417. The zero-order chi connectivity index (χ0) is 12.6. The zero-order valence-corrected chi connectivity index (χ0v) is 9.81. The Kier molecular flexibility index (Phi) is 3.17. The molecule has 0 aliphatic heterocycles. The molecule has 0 saturated carbocycles. The predicted octanol–water partition coefficient (Wildman–Crippen LogP) is 1.05. The molecule has 0 amide bonds. The first-order valence-corrected chi connectivity index (χ1v) is 4.98. The second-order valence-electron chi connectivity index (χ2n) is 4.91. The fourth-order valence-electron chi connectivity index (χ4n) is 1.74. The number of phenols is 2. The summed E-state index contributed by atoms with van der Waals surface area (Å²) in [5.74, 6) is -0.457. The Balaban J connectivity index is 3.02. The number of rotatable bonds is 3. The molecule has 0 aromatic heterocycles. The van der Waals surface area contributed by atoms with Gasteiger partial charge in [-0.1, -0.05) is 6.07 Å². The number of aromatic hydroxyl groups is 2. The van der Waals surface area contributed by atoms with E-state index < -0.39 is 5.60 Å². The van der Waals surface area contributed by atoms with Crippen molar-refractivity contribution in [2.45, 2.75) is 12.5 Å². The van der Waals surface area contributed by atoms with E-state index in [2.05, 4.69) is 0 Å². The second-order valence-corrected chi connectivity index (χ2v) is 4.91. The minimum absolute atomic E-state index is 0.106. The lowest BCUT2D eigenvalue weighted by Crippen LogP contribution is -2.44. The Morgan fingerprint density at radius 3 is 2.25 bits per heavy atom. The summed E-state index contributed by atoms with van der Waals surface area (Å²) in [4.78, 5) is 0. The number of nitrogens with zero attached hydrogens (tertiary/aromatic N) is 1. The average molecular weight is 224 g/mol. The molecule has 0 heterocycles. The van der Waals surface area contributed by atoms with Gasteiger partial charge in [0, 0.05) is 0 Å². The van der Waals surface area contributed by atoms with Crippen molar-refractivity contribution < 1.29 is 19.8 Å². The number of phenolic OH excluding ortho intramolecular Hbond substituents is 2. The molecule has 3 N–H and O–H groups in total. The number of aliphatic hydroxyl groups is 1. The maximum absolute atomic E-state index is 10.2. The first-order chi connectivity index (χ1) is 7.12. The smallest absolute Gasteiger partial charge is 0.206 e. The van der Waals surface area contributed by atoms with Gasteiger partial charge >= 0.3 is 0 Å². The van der Waals surface area contributed by atoms with Crippen molar-refractivity contribution in [1.82, 2.24) is 0 Å². The molecule has 0 fully saturated rings. The minimum Gasteiger partial charge on any atom is -0.504 e. The quantitative estimate of drug-likeness (QED) is 0.531. The van der Waals surface area contributed by atoms with Crippen LogP contribution in [0.4, 0.5) is 0 Å². The normalized spacial score (nSPS) is 15.8. The van der Waals surface area contributed by atoms with Gasteiger partial charge in [-0.25, -0.2) is 0 Å². The first kappa shape index (κ1) is 12.8. The summed E-state index contributed by atoms with van der Waals surface area (Å²) in [6.45, 7) is 1.91. The predicted molar refractivity (Wildman–Crippen MR) is 60.6 cm³/mol. The van der Waals surface area contributed by atoms with Gasteiger partial charge in [0.2, 0.25) is 7.05 Å². The van der Waals surface area contributed by atoms with Gasteiger partial charge in [0.1, 0.15) is 12.1 Å². The van der Waals surface area contributed by atoms with E-state index in [1.807, 2.05) is 0 Å². The van der Waals surface area contributed by atoms with E-state index in [0.717, 1.165) is 0 Å². The van der Waals surface area contributed by atoms with E-state index in [0.29, 0.717) is 5.56 Å². The van der Waals surface area contributed by atoms with Crippen LogP contribution in [0.5, 0.6) is 11.5 Å². The number of benzene rings is 1. The van der Waals surface area contributed by atoms with Crippen molar-refractivity contribution in [3.8, 4) is 11.5 Å². The molecule has 1 aromatic rings. The lowest BCUT2D eigenvalue weighted by atomic mass is 9.94. The number of hydrogen-bond donors (Lipinski definition) is 3. The first-order valence-electron chi connectivity index (χ1n) is 4.98. The average Bonchev–Trinajstić information content (AvgIpc) is 2.05. The Labute approximate surface area is 96.0 Å². The van der Waals surface area contributed by atoms with Crippen LogP contribution in [0.25, 0.3) is 0 Å². The highest BCUT2D eigenvalue weighted by Gasteiger charge is 2.31.